The molecule has 11 heteroatoms. The molecule has 1 saturated heterocycles. The second-order valence-corrected chi connectivity index (χ2v) is 9.99. The van der Waals surface area contributed by atoms with E-state index in [1.54, 1.807) is 21.3 Å². The van der Waals surface area contributed by atoms with Crippen molar-refractivity contribution >= 4 is 12.0 Å². The topological polar surface area (TPSA) is 123 Å². The van der Waals surface area contributed by atoms with Gasteiger partial charge in [-0.25, -0.2) is 0 Å². The number of methoxy groups -OCH3 is 3. The molecular formula is C30H27N3O8. The molecule has 41 heavy (non-hydrogen) atoms. The highest BCUT2D eigenvalue weighted by atomic mass is 16.7. The Morgan fingerprint density at radius 2 is 1.56 bits per heavy atom. The average Bonchev–Trinajstić information content (AvgIpc) is 3.76. The molecule has 1 aliphatic carbocycles. The molecule has 7 rings (SSSR count). The third kappa shape index (κ3) is 4.07. The molecule has 3 heterocycles. The molecule has 0 unspecified atom stereocenters. The Morgan fingerprint density at radius 1 is 0.854 bits per heavy atom. The molecule has 0 bridgehead atoms. The van der Waals surface area contributed by atoms with E-state index < -0.39 is 17.9 Å². The standard InChI is InChI=1S/C30H27N3O8/c1-35-22-9-16(10-23(36-2)27(22)37-3)24-17-11-20-21(40-14-39-20)12-18(17)26(19-13-38-29(34)25(19)24)31-30-33-32-28(41-30)15-7-5-4-6-8-15/h4-12,19,24-26H,13-14H2,1-3H3,(H,31,33)/t19-,24+,25-,26+/m0/s1. The van der Waals surface area contributed by atoms with Crippen LogP contribution in [0.2, 0.25) is 0 Å². The van der Waals surface area contributed by atoms with Gasteiger partial charge in [0.1, 0.15) is 0 Å². The van der Waals surface area contributed by atoms with Gasteiger partial charge in [-0.15, -0.1) is 5.10 Å². The minimum atomic E-state index is -0.528. The number of hydrogen-bond donors (Lipinski definition) is 1. The maximum atomic E-state index is 13.4. The number of fused-ring (bicyclic) bond motifs is 3. The van der Waals surface area contributed by atoms with Crippen LogP contribution in [0.4, 0.5) is 6.01 Å². The molecule has 0 spiro atoms. The van der Waals surface area contributed by atoms with Crippen LogP contribution in [0.15, 0.2) is 59.0 Å². The van der Waals surface area contributed by atoms with E-state index in [4.69, 9.17) is 32.8 Å². The van der Waals surface area contributed by atoms with Crippen LogP contribution in [0.5, 0.6) is 28.7 Å². The first-order valence-corrected chi connectivity index (χ1v) is 13.1. The summed E-state index contributed by atoms with van der Waals surface area (Å²) in [7, 11) is 4.68. The van der Waals surface area contributed by atoms with E-state index in [0.717, 1.165) is 22.3 Å². The Kier molecular flexibility index (Phi) is 6.06. The highest BCUT2D eigenvalue weighted by molar-refractivity contribution is 5.79. The number of nitrogens with one attached hydrogen (secondary N) is 1. The monoisotopic (exact) mass is 557 g/mol. The van der Waals surface area contributed by atoms with E-state index in [1.807, 2.05) is 54.6 Å². The van der Waals surface area contributed by atoms with Gasteiger partial charge in [0.15, 0.2) is 23.0 Å². The quantitative estimate of drug-likeness (QED) is 0.321. The fourth-order valence-electron chi connectivity index (χ4n) is 6.14. The average molecular weight is 558 g/mol. The van der Waals surface area contributed by atoms with Gasteiger partial charge in [-0.1, -0.05) is 23.3 Å². The van der Waals surface area contributed by atoms with Gasteiger partial charge in [-0.2, -0.15) is 0 Å². The van der Waals surface area contributed by atoms with Crippen molar-refractivity contribution in [3.63, 3.8) is 0 Å². The van der Waals surface area contributed by atoms with Crippen LogP contribution in [0.3, 0.4) is 0 Å². The second kappa shape index (κ2) is 9.92. The zero-order valence-electron chi connectivity index (χ0n) is 22.6. The number of aromatic nitrogens is 2. The van der Waals surface area contributed by atoms with Crippen molar-refractivity contribution in [2.24, 2.45) is 11.8 Å². The Hall–Kier alpha value is -4.93. The molecule has 2 aliphatic heterocycles. The molecule has 0 saturated carbocycles. The normalized spacial score (nSPS) is 22.0. The van der Waals surface area contributed by atoms with E-state index in [9.17, 15) is 4.79 Å². The zero-order valence-corrected chi connectivity index (χ0v) is 22.6. The first-order chi connectivity index (χ1) is 20.1. The lowest BCUT2D eigenvalue weighted by molar-refractivity contribution is -0.141. The molecule has 11 nitrogen and oxygen atoms in total. The summed E-state index contributed by atoms with van der Waals surface area (Å²) in [6.07, 6.45) is 0. The van der Waals surface area contributed by atoms with Crippen LogP contribution >= 0.6 is 0 Å². The summed E-state index contributed by atoms with van der Waals surface area (Å²) < 4.78 is 40.0. The summed E-state index contributed by atoms with van der Waals surface area (Å²) in [5.41, 5.74) is 3.41. The van der Waals surface area contributed by atoms with Gasteiger partial charge in [0.2, 0.25) is 18.4 Å². The number of nitrogens with zero attached hydrogens (tertiary/aromatic N) is 2. The Morgan fingerprint density at radius 3 is 2.24 bits per heavy atom. The van der Waals surface area contributed by atoms with Crippen LogP contribution < -0.4 is 29.0 Å². The van der Waals surface area contributed by atoms with Gasteiger partial charge < -0.3 is 38.2 Å². The van der Waals surface area contributed by atoms with E-state index >= 15 is 0 Å². The summed E-state index contributed by atoms with van der Waals surface area (Å²) in [4.78, 5) is 13.4. The van der Waals surface area contributed by atoms with Crippen molar-refractivity contribution in [2.45, 2.75) is 12.0 Å². The minimum Gasteiger partial charge on any atom is -0.493 e. The van der Waals surface area contributed by atoms with Gasteiger partial charge in [-0.3, -0.25) is 4.79 Å². The van der Waals surface area contributed by atoms with Crippen LogP contribution in [0.25, 0.3) is 11.5 Å². The predicted octanol–water partition coefficient (Wildman–Crippen LogP) is 4.58. The first-order valence-electron chi connectivity index (χ1n) is 13.1. The third-order valence-corrected chi connectivity index (χ3v) is 7.96. The van der Waals surface area contributed by atoms with E-state index in [0.29, 0.717) is 34.6 Å². The van der Waals surface area contributed by atoms with Crippen LogP contribution in [0.1, 0.15) is 28.7 Å². The summed E-state index contributed by atoms with van der Waals surface area (Å²) in [5.74, 6) is 1.60. The lowest BCUT2D eigenvalue weighted by atomic mass is 9.65. The Balaban J connectivity index is 1.36. The van der Waals surface area contributed by atoms with Crippen LogP contribution in [-0.4, -0.2) is 50.9 Å². The van der Waals surface area contributed by atoms with E-state index in [-0.39, 0.29) is 31.3 Å². The molecule has 1 N–H and O–H groups in total. The largest absolute Gasteiger partial charge is 0.493 e. The van der Waals surface area contributed by atoms with Crippen molar-refractivity contribution < 1.29 is 37.6 Å². The number of benzene rings is 3. The van der Waals surface area contributed by atoms with Gasteiger partial charge in [-0.05, 0) is 53.1 Å². The molecule has 4 aromatic rings. The molecule has 1 fully saturated rings. The van der Waals surface area contributed by atoms with Crippen LogP contribution in [-0.2, 0) is 9.53 Å². The molecular weight excluding hydrogens is 530 g/mol. The third-order valence-electron chi connectivity index (χ3n) is 7.96. The summed E-state index contributed by atoms with van der Waals surface area (Å²) >= 11 is 0. The number of carbonyl (C=O) groups is 1. The summed E-state index contributed by atoms with van der Waals surface area (Å²) in [6.45, 7) is 0.333. The van der Waals surface area contributed by atoms with Gasteiger partial charge in [0.25, 0.3) is 0 Å². The Bertz CT molecular complexity index is 1600. The molecule has 0 radical (unpaired) electrons. The molecule has 4 atom stereocenters. The predicted molar refractivity (Wildman–Crippen MR) is 145 cm³/mol. The Labute approximate surface area is 235 Å². The minimum absolute atomic E-state index is 0.115. The van der Waals surface area contributed by atoms with Crippen molar-refractivity contribution in [1.29, 1.82) is 0 Å². The highest BCUT2D eigenvalue weighted by Crippen LogP contribution is 2.56. The number of carbonyl (C=O) groups excluding carboxylic acids is 1. The SMILES string of the molecule is COc1cc([C@@H]2c3cc4c(cc3[C@@H](Nc3nnc(-c5ccccc5)o3)[C@H]3COC(=O)[C@H]23)OCO4)cc(OC)c1OC. The molecule has 3 aromatic carbocycles. The number of ether oxygens (including phenoxy) is 6. The molecule has 3 aliphatic rings. The van der Waals surface area contributed by atoms with Crippen molar-refractivity contribution in [3.05, 3.63) is 71.3 Å². The molecule has 210 valence electrons. The van der Waals surface area contributed by atoms with Gasteiger partial charge in [0, 0.05) is 17.4 Å². The fourth-order valence-corrected chi connectivity index (χ4v) is 6.14. The van der Waals surface area contributed by atoms with E-state index in [2.05, 4.69) is 15.5 Å². The number of cyclic esters (lactones) is 1. The highest BCUT2D eigenvalue weighted by Gasteiger charge is 2.53. The first kappa shape index (κ1) is 25.1. The maximum Gasteiger partial charge on any atom is 0.316 e. The molecule has 1 aromatic heterocycles. The lowest BCUT2D eigenvalue weighted by Gasteiger charge is -2.39. The van der Waals surface area contributed by atoms with Crippen molar-refractivity contribution in [2.75, 3.05) is 40.0 Å². The second-order valence-electron chi connectivity index (χ2n) is 9.99. The number of rotatable bonds is 7. The van der Waals surface area contributed by atoms with Gasteiger partial charge in [0.05, 0.1) is 39.9 Å². The van der Waals surface area contributed by atoms with Crippen molar-refractivity contribution in [1.82, 2.24) is 10.2 Å². The maximum absolute atomic E-state index is 13.4. The number of hydrogen-bond acceptors (Lipinski definition) is 11. The zero-order chi connectivity index (χ0) is 28.1. The van der Waals surface area contributed by atoms with E-state index in [1.165, 1.54) is 0 Å². The lowest BCUT2D eigenvalue weighted by Crippen LogP contribution is -2.37. The number of anilines is 1. The fraction of sp³-hybridized carbons (Fsp3) is 0.300. The smallest absolute Gasteiger partial charge is 0.316 e. The summed E-state index contributed by atoms with van der Waals surface area (Å²) in [6, 6.07) is 17.0. The number of esters is 1. The molecule has 0 amide bonds. The van der Waals surface area contributed by atoms with Crippen molar-refractivity contribution in [3.8, 4) is 40.2 Å². The summed E-state index contributed by atoms with van der Waals surface area (Å²) in [5, 5.41) is 11.9. The van der Waals surface area contributed by atoms with Gasteiger partial charge >= 0.3 is 12.0 Å². The van der Waals surface area contributed by atoms with Crippen LogP contribution in [0, 0.1) is 11.8 Å².